The lowest BCUT2D eigenvalue weighted by molar-refractivity contribution is 1.06. The highest BCUT2D eigenvalue weighted by atomic mass is 15.1. The smallest absolute Gasteiger partial charge is 0.166 e. The van der Waals surface area contributed by atoms with Crippen LogP contribution in [-0.4, -0.2) is 24.1 Å². The first kappa shape index (κ1) is 47.0. The molecule has 0 spiro atoms. The van der Waals surface area contributed by atoms with E-state index in [1.54, 1.807) is 18.2 Å². The maximum absolute atomic E-state index is 10.6. The van der Waals surface area contributed by atoms with Gasteiger partial charge < -0.3 is 9.13 Å². The molecule has 370 valence electrons. The van der Waals surface area contributed by atoms with Crippen molar-refractivity contribution >= 4 is 43.6 Å². The fraction of sp³-hybridized carbons (Fsp3) is 0. The van der Waals surface area contributed by atoms with E-state index in [1.807, 2.05) is 66.7 Å². The summed E-state index contributed by atoms with van der Waals surface area (Å²) in [6.07, 6.45) is 0. The van der Waals surface area contributed by atoms with Crippen LogP contribution in [-0.2, 0) is 0 Å². The molecule has 0 aliphatic carbocycles. The highest BCUT2D eigenvalue weighted by Crippen LogP contribution is 2.43. The van der Waals surface area contributed by atoms with E-state index >= 15 is 0 Å². The van der Waals surface area contributed by atoms with Crippen molar-refractivity contribution in [1.29, 1.82) is 15.8 Å². The van der Waals surface area contributed by atoms with E-state index in [0.29, 0.717) is 56.5 Å². The van der Waals surface area contributed by atoms with Crippen LogP contribution in [0.2, 0.25) is 0 Å². The number of benzene rings is 11. The van der Waals surface area contributed by atoms with Crippen molar-refractivity contribution in [2.45, 2.75) is 0 Å². The van der Waals surface area contributed by atoms with Crippen LogP contribution in [0.1, 0.15) is 16.7 Å². The lowest BCUT2D eigenvalue weighted by Gasteiger charge is -2.17. The average molecular weight is 1020 g/mol. The molecule has 3 aromatic heterocycles. The number of hydrogen-bond donors (Lipinski definition) is 0. The van der Waals surface area contributed by atoms with E-state index in [9.17, 15) is 15.8 Å². The van der Waals surface area contributed by atoms with Crippen molar-refractivity contribution in [3.05, 3.63) is 271 Å². The minimum absolute atomic E-state index is 0.314. The van der Waals surface area contributed by atoms with Gasteiger partial charge in [0.05, 0.1) is 68.3 Å². The zero-order chi connectivity index (χ0) is 53.7. The summed E-state index contributed by atoms with van der Waals surface area (Å²) in [7, 11) is 0. The number of rotatable bonds is 9. The Labute approximate surface area is 460 Å². The van der Waals surface area contributed by atoms with E-state index in [4.69, 9.17) is 15.0 Å². The molecule has 0 unspecified atom stereocenters. The molecule has 0 atom stereocenters. The van der Waals surface area contributed by atoms with E-state index in [2.05, 4.69) is 197 Å². The highest BCUT2D eigenvalue weighted by Gasteiger charge is 2.24. The third-order valence-electron chi connectivity index (χ3n) is 15.1. The summed E-state index contributed by atoms with van der Waals surface area (Å²) in [6.45, 7) is 0. The van der Waals surface area contributed by atoms with Gasteiger partial charge in [-0.05, 0) is 142 Å². The fourth-order valence-electron chi connectivity index (χ4n) is 11.2. The van der Waals surface area contributed by atoms with Gasteiger partial charge >= 0.3 is 0 Å². The summed E-state index contributed by atoms with van der Waals surface area (Å²) in [4.78, 5) is 16.0. The first-order valence-corrected chi connectivity index (χ1v) is 26.2. The predicted molar refractivity (Wildman–Crippen MR) is 321 cm³/mol. The summed E-state index contributed by atoms with van der Waals surface area (Å²) < 4.78 is 4.44. The first-order chi connectivity index (χ1) is 39.5. The van der Waals surface area contributed by atoms with Gasteiger partial charge in [-0.15, -0.1) is 0 Å². The molecule has 0 bridgehead atoms. The summed E-state index contributed by atoms with van der Waals surface area (Å²) >= 11 is 0. The van der Waals surface area contributed by atoms with Crippen molar-refractivity contribution < 1.29 is 0 Å². The molecule has 8 heteroatoms. The summed E-state index contributed by atoms with van der Waals surface area (Å²) in [6, 6.07) is 93.3. The molecule has 0 aliphatic heterocycles. The third-order valence-corrected chi connectivity index (χ3v) is 15.1. The molecular weight excluding hydrogens is 977 g/mol. The van der Waals surface area contributed by atoms with Gasteiger partial charge in [0, 0.05) is 38.2 Å². The molecule has 14 rings (SSSR count). The van der Waals surface area contributed by atoms with Gasteiger partial charge in [-0.1, -0.05) is 158 Å². The topological polar surface area (TPSA) is 120 Å². The van der Waals surface area contributed by atoms with Crippen molar-refractivity contribution in [3.63, 3.8) is 0 Å². The second kappa shape index (κ2) is 19.6. The first-order valence-electron chi connectivity index (χ1n) is 26.2. The molecule has 0 fully saturated rings. The molecule has 0 saturated heterocycles. The van der Waals surface area contributed by atoms with Crippen molar-refractivity contribution in [3.8, 4) is 108 Å². The normalized spacial score (nSPS) is 11.2. The van der Waals surface area contributed by atoms with Gasteiger partial charge in [0.25, 0.3) is 0 Å². The van der Waals surface area contributed by atoms with E-state index < -0.39 is 0 Å². The average Bonchev–Trinajstić information content (AvgIpc) is 4.17. The standard InChI is InChI=1S/C72H42N8/c73-43-46-14-13-23-57(36-46)70-76-71(58-30-24-48(45-75)38-69(58)80-66-34-28-55(51-19-9-3-10-20-51)41-61(66)62-42-56(29-35-67(62)80)52-21-11-4-12-22-52)78-72(77-70)63-37-47(44-74)25-31-68(63)79-64-32-26-53(49-15-5-1-6-16-49)39-59(64)60-40-54(27-33-65(60)79)50-17-7-2-8-18-50/h1-42H. The number of nitriles is 3. The molecule has 3 heterocycles. The summed E-state index contributed by atoms with van der Waals surface area (Å²) in [5.74, 6) is 0.975. The van der Waals surface area contributed by atoms with E-state index in [0.717, 1.165) is 93.8 Å². The molecule has 80 heavy (non-hydrogen) atoms. The molecule has 0 amide bonds. The Kier molecular flexibility index (Phi) is 11.5. The zero-order valence-corrected chi connectivity index (χ0v) is 42.8. The number of aromatic nitrogens is 5. The second-order valence-corrected chi connectivity index (χ2v) is 19.7. The van der Waals surface area contributed by atoms with Gasteiger partial charge in [-0.25, -0.2) is 15.0 Å². The van der Waals surface area contributed by atoms with Gasteiger partial charge in [0.15, 0.2) is 17.5 Å². The number of nitrogens with zero attached hydrogens (tertiary/aromatic N) is 8. The molecule has 0 saturated carbocycles. The lowest BCUT2D eigenvalue weighted by Crippen LogP contribution is -2.06. The van der Waals surface area contributed by atoms with Crippen LogP contribution in [0.15, 0.2) is 255 Å². The molecule has 0 aliphatic rings. The van der Waals surface area contributed by atoms with Gasteiger partial charge in [-0.3, -0.25) is 0 Å². The maximum Gasteiger partial charge on any atom is 0.166 e. The molecule has 11 aromatic carbocycles. The summed E-state index contributed by atoms with van der Waals surface area (Å²) in [5.41, 5.74) is 17.1. The van der Waals surface area contributed by atoms with Gasteiger partial charge in [-0.2, -0.15) is 15.8 Å². The second-order valence-electron chi connectivity index (χ2n) is 19.7. The lowest BCUT2D eigenvalue weighted by atomic mass is 10.0. The van der Waals surface area contributed by atoms with Crippen LogP contribution in [0, 0.1) is 34.0 Å². The van der Waals surface area contributed by atoms with Crippen molar-refractivity contribution in [1.82, 2.24) is 24.1 Å². The molecule has 0 radical (unpaired) electrons. The number of fused-ring (bicyclic) bond motifs is 6. The Morgan fingerprint density at radius 3 is 1.05 bits per heavy atom. The van der Waals surface area contributed by atoms with E-state index in [1.165, 1.54) is 0 Å². The van der Waals surface area contributed by atoms with Crippen LogP contribution in [0.5, 0.6) is 0 Å². The fourth-order valence-corrected chi connectivity index (χ4v) is 11.2. The quantitative estimate of drug-likeness (QED) is 0.142. The maximum atomic E-state index is 10.6. The zero-order valence-electron chi connectivity index (χ0n) is 42.8. The van der Waals surface area contributed by atoms with Crippen LogP contribution >= 0.6 is 0 Å². The largest absolute Gasteiger partial charge is 0.308 e. The Balaban J connectivity index is 1.03. The molecule has 0 N–H and O–H groups in total. The minimum Gasteiger partial charge on any atom is -0.308 e. The summed E-state index contributed by atoms with van der Waals surface area (Å²) in [5, 5.41) is 35.6. The minimum atomic E-state index is 0.314. The van der Waals surface area contributed by atoms with E-state index in [-0.39, 0.29) is 0 Å². The van der Waals surface area contributed by atoms with Gasteiger partial charge in [0.2, 0.25) is 0 Å². The van der Waals surface area contributed by atoms with Crippen LogP contribution in [0.25, 0.3) is 134 Å². The Bertz CT molecular complexity index is 4710. The molecular formula is C72H42N8. The molecule has 8 nitrogen and oxygen atoms in total. The Morgan fingerprint density at radius 2 is 0.613 bits per heavy atom. The SMILES string of the molecule is N#Cc1cccc(-c2nc(-c3cc(C#N)ccc3-n3c4ccc(-c5ccccc5)cc4c4cc(-c5ccccc5)ccc43)nc(-c3ccc(C#N)cc3-n3c4ccc(-c5ccccc5)cc4c4cc(-c5ccccc5)ccc43)n2)c1. The van der Waals surface area contributed by atoms with Crippen molar-refractivity contribution in [2.75, 3.05) is 0 Å². The highest BCUT2D eigenvalue weighted by molar-refractivity contribution is 6.13. The van der Waals surface area contributed by atoms with Crippen LogP contribution in [0.3, 0.4) is 0 Å². The van der Waals surface area contributed by atoms with Gasteiger partial charge in [0.1, 0.15) is 0 Å². The van der Waals surface area contributed by atoms with Crippen LogP contribution < -0.4 is 0 Å². The molecule has 14 aromatic rings. The van der Waals surface area contributed by atoms with Crippen LogP contribution in [0.4, 0.5) is 0 Å². The van der Waals surface area contributed by atoms with Crippen molar-refractivity contribution in [2.24, 2.45) is 0 Å². The number of hydrogen-bond acceptors (Lipinski definition) is 6. The monoisotopic (exact) mass is 1020 g/mol. The Hall–Kier alpha value is -11.5. The predicted octanol–water partition coefficient (Wildman–Crippen LogP) is 17.3. The third kappa shape index (κ3) is 8.20. The Morgan fingerprint density at radius 1 is 0.250 bits per heavy atom.